The molecule has 1 heterocycles. The van der Waals surface area contributed by atoms with Gasteiger partial charge < -0.3 is 25.8 Å². The monoisotopic (exact) mass is 912 g/mol. The number of nitrogens with two attached hydrogens (primary N) is 1. The molecule has 6 N–H and O–H groups in total. The molecule has 64 heavy (non-hydrogen) atoms. The number of nitrogens with one attached hydrogen (secondary N) is 4. The molecule has 0 aliphatic carbocycles. The molecule has 8 atom stereocenters. The molecule has 6 unspecified atom stereocenters. The Morgan fingerprint density at radius 3 is 1.97 bits per heavy atom. The Labute approximate surface area is 385 Å². The maximum Gasteiger partial charge on any atom is 0.305 e. The fourth-order valence-electron chi connectivity index (χ4n) is 7.30. The van der Waals surface area contributed by atoms with Crippen LogP contribution < -0.4 is 27.2 Å². The van der Waals surface area contributed by atoms with Crippen molar-refractivity contribution in [2.24, 2.45) is 41.2 Å². The van der Waals surface area contributed by atoms with Crippen molar-refractivity contribution in [3.05, 3.63) is 0 Å². The molecule has 0 spiro atoms. The van der Waals surface area contributed by atoms with Crippen LogP contribution in [0.5, 0.6) is 0 Å². The van der Waals surface area contributed by atoms with Gasteiger partial charge in [-0.25, -0.2) is 0 Å². The molecule has 1 rings (SSSR count). The average molecular weight is 912 g/mol. The summed E-state index contributed by atoms with van der Waals surface area (Å²) < 4.78 is 10.5. The number of ether oxygens (including phenoxy) is 2. The third kappa shape index (κ3) is 23.8. The normalized spacial score (nSPS) is 16.9. The fraction of sp³-hybridized carbons (Fsp3) is 0.830. The largest absolute Gasteiger partial charge is 0.463 e. The van der Waals surface area contributed by atoms with E-state index in [1.807, 2.05) is 67.2 Å². The van der Waals surface area contributed by atoms with E-state index >= 15 is 0 Å². The first kappa shape index (κ1) is 62.1. The molecule has 1 saturated heterocycles. The summed E-state index contributed by atoms with van der Waals surface area (Å²) in [7, 11) is 3.46. The van der Waals surface area contributed by atoms with Crippen molar-refractivity contribution in [1.82, 2.24) is 31.3 Å². The summed E-state index contributed by atoms with van der Waals surface area (Å²) in [5.74, 6) is -1.37. The highest BCUT2D eigenvalue weighted by atomic mass is 16.5. The molecule has 17 nitrogen and oxygen atoms in total. The molecule has 0 radical (unpaired) electrons. The zero-order chi connectivity index (χ0) is 49.7. The van der Waals surface area contributed by atoms with E-state index in [2.05, 4.69) is 42.3 Å². The highest BCUT2D eigenvalue weighted by Crippen LogP contribution is 2.29. The maximum absolute atomic E-state index is 13.0. The Kier molecular flexibility index (Phi) is 33.4. The molecule has 1 aliphatic rings. The first-order valence-corrected chi connectivity index (χ1v) is 23.7. The zero-order valence-electron chi connectivity index (χ0n) is 42.2. The molecule has 0 aromatic rings. The van der Waals surface area contributed by atoms with Gasteiger partial charge in [-0.1, -0.05) is 95.4 Å². The minimum Gasteiger partial charge on any atom is -0.463 e. The van der Waals surface area contributed by atoms with Crippen LogP contribution in [0.15, 0.2) is 0 Å². The molecule has 1 fully saturated rings. The number of hydrazine groups is 1. The number of amides is 6. The Morgan fingerprint density at radius 2 is 1.45 bits per heavy atom. The third-order valence-corrected chi connectivity index (χ3v) is 11.8. The number of likely N-dealkylation sites (N-methyl/N-ethyl adjacent to an activating group) is 1. The van der Waals surface area contributed by atoms with Gasteiger partial charge in [-0.15, -0.1) is 0 Å². The standard InChI is InChI=1S/C33H58N6O8.C12H25NO2.C2H6/c1-9-22(6)24-18-27(42)39(33(24)46)17-12-10-11-14-26(41)36-37-31(44)25(34)19-47-28(43)15-13-16-38(8)30(21(4)5)32(45)35-29(20(2)3)23(7)40;1-6-9(3)10(4)11(15-5)8-12(14)13-7-2;1-2/h20-22,24-25,29-30H,9-19,34H2,1-8H3,(H,35,45)(H,36,41)(H,37,44);9-11H,6-8H2,1-5H3,(H,13,14);1-2H3/t22?,24?,25?,29-,30?;9?,10-,11?;/m00./s1. The summed E-state index contributed by atoms with van der Waals surface area (Å²) in [5, 5.41) is 5.65. The van der Waals surface area contributed by atoms with E-state index in [0.29, 0.717) is 63.6 Å². The number of unbranched alkanes of at least 4 members (excludes halogenated alkanes) is 2. The summed E-state index contributed by atoms with van der Waals surface area (Å²) in [6.45, 7) is 26.5. The van der Waals surface area contributed by atoms with Crippen LogP contribution in [0.25, 0.3) is 0 Å². The summed E-state index contributed by atoms with van der Waals surface area (Å²) in [5.41, 5.74) is 10.3. The average Bonchev–Trinajstić information content (AvgIpc) is 3.54. The van der Waals surface area contributed by atoms with Gasteiger partial charge in [0.1, 0.15) is 12.6 Å². The topological polar surface area (TPSA) is 236 Å². The number of methoxy groups -OCH3 is 1. The highest BCUT2D eigenvalue weighted by molar-refractivity contribution is 6.03. The van der Waals surface area contributed by atoms with Crippen molar-refractivity contribution in [3.8, 4) is 0 Å². The zero-order valence-corrected chi connectivity index (χ0v) is 42.2. The number of rotatable bonds is 28. The van der Waals surface area contributed by atoms with Gasteiger partial charge in [0.25, 0.3) is 5.91 Å². The Bertz CT molecular complexity index is 1430. The second-order valence-electron chi connectivity index (χ2n) is 17.5. The van der Waals surface area contributed by atoms with Gasteiger partial charge in [-0.3, -0.25) is 59.0 Å². The van der Waals surface area contributed by atoms with Crippen LogP contribution in [-0.4, -0.2) is 122 Å². The predicted octanol–water partition coefficient (Wildman–Crippen LogP) is 4.69. The summed E-state index contributed by atoms with van der Waals surface area (Å²) in [4.78, 5) is 101. The van der Waals surface area contributed by atoms with E-state index in [9.17, 15) is 38.4 Å². The second-order valence-corrected chi connectivity index (χ2v) is 17.5. The van der Waals surface area contributed by atoms with Gasteiger partial charge >= 0.3 is 5.97 Å². The van der Waals surface area contributed by atoms with E-state index < -0.39 is 35.9 Å². The van der Waals surface area contributed by atoms with Gasteiger partial charge in [0.05, 0.1) is 24.6 Å². The lowest BCUT2D eigenvalue weighted by Crippen LogP contribution is -2.54. The lowest BCUT2D eigenvalue weighted by Gasteiger charge is -2.32. The van der Waals surface area contributed by atoms with Crippen LogP contribution in [-0.2, 0) is 47.8 Å². The van der Waals surface area contributed by atoms with Gasteiger partial charge in [-0.05, 0) is 76.3 Å². The number of esters is 1. The van der Waals surface area contributed by atoms with E-state index in [-0.39, 0.29) is 85.1 Å². The fourth-order valence-corrected chi connectivity index (χ4v) is 7.30. The van der Waals surface area contributed by atoms with Crippen molar-refractivity contribution < 1.29 is 47.8 Å². The Balaban J connectivity index is 0. The first-order chi connectivity index (χ1) is 30.1. The van der Waals surface area contributed by atoms with E-state index in [4.69, 9.17) is 15.2 Å². The van der Waals surface area contributed by atoms with Crippen LogP contribution in [0, 0.1) is 35.5 Å². The number of Topliss-reactive ketones (excluding diaryl/α,β-unsaturated/α-hetero) is 1. The Morgan fingerprint density at radius 1 is 0.828 bits per heavy atom. The van der Waals surface area contributed by atoms with Gasteiger partial charge in [0.2, 0.25) is 29.5 Å². The minimum absolute atomic E-state index is 0.0338. The number of likely N-dealkylation sites (tertiary alicyclic amines) is 1. The smallest absolute Gasteiger partial charge is 0.305 e. The quantitative estimate of drug-likeness (QED) is 0.0311. The first-order valence-electron chi connectivity index (χ1n) is 23.7. The van der Waals surface area contributed by atoms with Crippen molar-refractivity contribution >= 4 is 47.2 Å². The molecule has 0 bridgehead atoms. The number of carbonyl (C=O) groups excluding carboxylic acids is 8. The number of ketones is 1. The predicted molar refractivity (Wildman–Crippen MR) is 250 cm³/mol. The molecule has 6 amide bonds. The van der Waals surface area contributed by atoms with E-state index in [0.717, 1.165) is 12.8 Å². The summed E-state index contributed by atoms with van der Waals surface area (Å²) in [6.07, 6.45) is 5.01. The third-order valence-electron chi connectivity index (χ3n) is 11.8. The Hall–Kier alpha value is -3.96. The maximum atomic E-state index is 13.0. The van der Waals surface area contributed by atoms with Crippen molar-refractivity contribution in [2.45, 2.75) is 178 Å². The lowest BCUT2D eigenvalue weighted by atomic mass is 9.87. The number of nitrogens with zero attached hydrogens (tertiary/aromatic N) is 2. The SMILES string of the molecule is CC.CCC(C)C1CC(=O)N(CCCCCC(=O)NNC(=O)C(N)COC(=O)CCCN(C)C(C(=O)N[C@H](C(C)=O)C(C)C)C(C)C)C1=O.CCNC(=O)CC(OC)[C@@H](C)C(C)CC. The van der Waals surface area contributed by atoms with Crippen molar-refractivity contribution in [2.75, 3.05) is 40.4 Å². The van der Waals surface area contributed by atoms with Gasteiger partial charge in [0.15, 0.2) is 5.78 Å². The van der Waals surface area contributed by atoms with Crippen LogP contribution in [0.3, 0.4) is 0 Å². The molecule has 372 valence electrons. The van der Waals surface area contributed by atoms with Gasteiger partial charge in [0, 0.05) is 45.4 Å². The lowest BCUT2D eigenvalue weighted by molar-refractivity contribution is -0.146. The summed E-state index contributed by atoms with van der Waals surface area (Å²) in [6, 6.07) is -2.25. The number of carbonyl (C=O) groups is 8. The number of hydrogen-bond donors (Lipinski definition) is 5. The molecule has 1 aliphatic heterocycles. The summed E-state index contributed by atoms with van der Waals surface area (Å²) >= 11 is 0. The van der Waals surface area contributed by atoms with Gasteiger partial charge in [-0.2, -0.15) is 0 Å². The second kappa shape index (κ2) is 34.4. The van der Waals surface area contributed by atoms with Crippen LogP contribution in [0.1, 0.15) is 154 Å². The number of imide groups is 1. The molecule has 0 aromatic carbocycles. The van der Waals surface area contributed by atoms with Crippen molar-refractivity contribution in [1.29, 1.82) is 0 Å². The highest BCUT2D eigenvalue weighted by Gasteiger charge is 2.40. The molecular formula is C47H89N7O10. The minimum atomic E-state index is -1.19. The number of hydrogen-bond acceptors (Lipinski definition) is 12. The molecular weight excluding hydrogens is 823 g/mol. The van der Waals surface area contributed by atoms with Crippen LogP contribution in [0.4, 0.5) is 0 Å². The molecule has 17 heteroatoms. The van der Waals surface area contributed by atoms with E-state index in [1.165, 1.54) is 11.8 Å². The molecule has 0 aromatic heterocycles. The van der Waals surface area contributed by atoms with Crippen LogP contribution >= 0.6 is 0 Å². The van der Waals surface area contributed by atoms with E-state index in [1.54, 1.807) is 14.2 Å². The molecule has 0 saturated carbocycles. The van der Waals surface area contributed by atoms with Crippen molar-refractivity contribution in [3.63, 3.8) is 0 Å². The van der Waals surface area contributed by atoms with Crippen LogP contribution in [0.2, 0.25) is 0 Å².